The summed E-state index contributed by atoms with van der Waals surface area (Å²) >= 11 is 0. The van der Waals surface area contributed by atoms with Gasteiger partial charge in [-0.3, -0.25) is 4.79 Å². The number of sulfonamides is 1. The molecule has 1 atom stereocenters. The van der Waals surface area contributed by atoms with Crippen molar-refractivity contribution in [3.8, 4) is 5.88 Å². The number of nitrogens with zero attached hydrogens (tertiary/aromatic N) is 2. The van der Waals surface area contributed by atoms with Crippen molar-refractivity contribution in [3.63, 3.8) is 0 Å². The third kappa shape index (κ3) is 4.65. The average Bonchev–Trinajstić information content (AvgIpc) is 2.94. The molecule has 1 fully saturated rings. The first kappa shape index (κ1) is 18.6. The molecule has 0 aliphatic carbocycles. The second-order valence-electron chi connectivity index (χ2n) is 5.96. The molecule has 134 valence electrons. The molecule has 0 bridgehead atoms. The highest BCUT2D eigenvalue weighted by molar-refractivity contribution is 7.88. The summed E-state index contributed by atoms with van der Waals surface area (Å²) in [6.07, 6.45) is 3.62. The molecule has 9 heteroatoms. The minimum Gasteiger partial charge on any atom is -0.481 e. The van der Waals surface area contributed by atoms with Crippen LogP contribution in [0.5, 0.6) is 5.88 Å². The predicted octanol–water partition coefficient (Wildman–Crippen LogP) is 0.261. The number of methoxy groups -OCH3 is 2. The van der Waals surface area contributed by atoms with Gasteiger partial charge in [-0.2, -0.15) is 0 Å². The van der Waals surface area contributed by atoms with Crippen LogP contribution in [-0.4, -0.2) is 69.9 Å². The maximum absolute atomic E-state index is 12.6. The van der Waals surface area contributed by atoms with E-state index < -0.39 is 15.6 Å². The van der Waals surface area contributed by atoms with E-state index in [2.05, 4.69) is 9.71 Å². The minimum atomic E-state index is -3.39. The van der Waals surface area contributed by atoms with Gasteiger partial charge in [-0.1, -0.05) is 0 Å². The normalized spacial score (nSPS) is 21.0. The van der Waals surface area contributed by atoms with Gasteiger partial charge in [0.05, 0.1) is 24.5 Å². The molecular weight excluding hydrogens is 334 g/mol. The molecule has 1 aliphatic rings. The number of aromatic nitrogens is 1. The van der Waals surface area contributed by atoms with Crippen molar-refractivity contribution in [2.45, 2.75) is 18.4 Å². The van der Waals surface area contributed by atoms with E-state index in [0.29, 0.717) is 44.0 Å². The predicted molar refractivity (Wildman–Crippen MR) is 88.5 cm³/mol. The summed E-state index contributed by atoms with van der Waals surface area (Å²) in [4.78, 5) is 18.3. The van der Waals surface area contributed by atoms with Crippen LogP contribution < -0.4 is 9.46 Å². The first-order valence-electron chi connectivity index (χ1n) is 7.56. The Kier molecular flexibility index (Phi) is 5.79. The molecule has 0 saturated carbocycles. The maximum atomic E-state index is 12.6. The number of rotatable bonds is 7. The zero-order chi connectivity index (χ0) is 17.8. The highest BCUT2D eigenvalue weighted by Crippen LogP contribution is 2.27. The van der Waals surface area contributed by atoms with Gasteiger partial charge in [0.15, 0.2) is 0 Å². The van der Waals surface area contributed by atoms with E-state index in [4.69, 9.17) is 9.47 Å². The fourth-order valence-electron chi connectivity index (χ4n) is 2.89. The van der Waals surface area contributed by atoms with Gasteiger partial charge < -0.3 is 14.4 Å². The number of hydrogen-bond donors (Lipinski definition) is 1. The van der Waals surface area contributed by atoms with Crippen molar-refractivity contribution in [3.05, 3.63) is 23.9 Å². The fraction of sp³-hybridized carbons (Fsp3) is 0.600. The molecule has 1 amide bonds. The summed E-state index contributed by atoms with van der Waals surface area (Å²) < 4.78 is 36.1. The number of ether oxygens (including phenoxy) is 2. The van der Waals surface area contributed by atoms with E-state index in [1.54, 1.807) is 24.1 Å². The van der Waals surface area contributed by atoms with E-state index in [9.17, 15) is 13.2 Å². The van der Waals surface area contributed by atoms with Crippen LogP contribution in [0.15, 0.2) is 18.3 Å². The lowest BCUT2D eigenvalue weighted by molar-refractivity contribution is 0.0774. The Morgan fingerprint density at radius 1 is 1.42 bits per heavy atom. The number of nitrogens with one attached hydrogen (secondary N) is 1. The van der Waals surface area contributed by atoms with Crippen LogP contribution in [0, 0.1) is 0 Å². The van der Waals surface area contributed by atoms with Gasteiger partial charge in [-0.05, 0) is 18.9 Å². The Bertz CT molecular complexity index is 677. The van der Waals surface area contributed by atoms with Crippen LogP contribution in [0.2, 0.25) is 0 Å². The number of hydrogen-bond acceptors (Lipinski definition) is 6. The van der Waals surface area contributed by atoms with Crippen LogP contribution in [0.25, 0.3) is 0 Å². The lowest BCUT2D eigenvalue weighted by Gasteiger charge is -2.29. The molecule has 2 rings (SSSR count). The van der Waals surface area contributed by atoms with Crippen molar-refractivity contribution >= 4 is 15.9 Å². The summed E-state index contributed by atoms with van der Waals surface area (Å²) in [6, 6.07) is 3.27. The number of carbonyl (C=O) groups is 1. The number of amides is 1. The monoisotopic (exact) mass is 357 g/mol. The molecule has 1 aliphatic heterocycles. The first-order chi connectivity index (χ1) is 11.3. The van der Waals surface area contributed by atoms with Gasteiger partial charge in [0.25, 0.3) is 5.91 Å². The molecule has 0 spiro atoms. The smallest absolute Gasteiger partial charge is 0.255 e. The largest absolute Gasteiger partial charge is 0.481 e. The zero-order valence-electron chi connectivity index (χ0n) is 14.1. The average molecular weight is 357 g/mol. The topological polar surface area (TPSA) is 97.8 Å². The summed E-state index contributed by atoms with van der Waals surface area (Å²) in [7, 11) is -0.322. The molecule has 1 aromatic rings. The van der Waals surface area contributed by atoms with Gasteiger partial charge in [0, 0.05) is 39.1 Å². The molecule has 1 aromatic heterocycles. The second kappa shape index (κ2) is 7.45. The van der Waals surface area contributed by atoms with Gasteiger partial charge in [0.1, 0.15) is 0 Å². The number of likely N-dealkylation sites (tertiary alicyclic amines) is 1. The highest BCUT2D eigenvalue weighted by Gasteiger charge is 2.41. The Morgan fingerprint density at radius 3 is 2.71 bits per heavy atom. The second-order valence-corrected chi connectivity index (χ2v) is 7.71. The van der Waals surface area contributed by atoms with Gasteiger partial charge in [-0.25, -0.2) is 18.1 Å². The van der Waals surface area contributed by atoms with Crippen LogP contribution >= 0.6 is 0 Å². The van der Waals surface area contributed by atoms with E-state index in [0.717, 1.165) is 6.26 Å². The Hall–Kier alpha value is -1.71. The standard InChI is InChI=1S/C15H23N3O5S/c1-22-9-7-15(17-24(3,20)21)6-8-18(11-15)14(19)12-4-5-13(23-2)16-10-12/h4-5,10,17H,6-9,11H2,1-3H3. The van der Waals surface area contributed by atoms with Crippen molar-refractivity contribution < 1.29 is 22.7 Å². The summed E-state index contributed by atoms with van der Waals surface area (Å²) in [6.45, 7) is 1.18. The zero-order valence-corrected chi connectivity index (χ0v) is 14.9. The summed E-state index contributed by atoms with van der Waals surface area (Å²) in [5.41, 5.74) is -0.253. The molecule has 1 saturated heterocycles. The van der Waals surface area contributed by atoms with Crippen LogP contribution in [-0.2, 0) is 14.8 Å². The molecular formula is C15H23N3O5S. The SMILES string of the molecule is COCCC1(NS(C)(=O)=O)CCN(C(=O)c2ccc(OC)nc2)C1. The Balaban J connectivity index is 2.13. The van der Waals surface area contributed by atoms with Gasteiger partial charge in [0.2, 0.25) is 15.9 Å². The highest BCUT2D eigenvalue weighted by atomic mass is 32.2. The summed E-state index contributed by atoms with van der Waals surface area (Å²) in [5, 5.41) is 0. The lowest BCUT2D eigenvalue weighted by atomic mass is 9.96. The van der Waals surface area contributed by atoms with Gasteiger partial charge in [-0.15, -0.1) is 0 Å². The Morgan fingerprint density at radius 2 is 2.17 bits per heavy atom. The molecule has 1 unspecified atom stereocenters. The molecule has 0 aromatic carbocycles. The minimum absolute atomic E-state index is 0.181. The third-order valence-corrected chi connectivity index (χ3v) is 4.82. The molecule has 24 heavy (non-hydrogen) atoms. The molecule has 1 N–H and O–H groups in total. The molecule has 8 nitrogen and oxygen atoms in total. The van der Waals surface area contributed by atoms with E-state index in [1.807, 2.05) is 0 Å². The van der Waals surface area contributed by atoms with Gasteiger partial charge >= 0.3 is 0 Å². The number of carbonyl (C=O) groups excluding carboxylic acids is 1. The van der Waals surface area contributed by atoms with Crippen molar-refractivity contribution in [2.75, 3.05) is 40.2 Å². The lowest BCUT2D eigenvalue weighted by Crippen LogP contribution is -2.51. The van der Waals surface area contributed by atoms with E-state index >= 15 is 0 Å². The molecule has 0 radical (unpaired) electrons. The van der Waals surface area contributed by atoms with Crippen molar-refractivity contribution in [1.29, 1.82) is 0 Å². The van der Waals surface area contributed by atoms with Crippen LogP contribution in [0.4, 0.5) is 0 Å². The van der Waals surface area contributed by atoms with Crippen molar-refractivity contribution in [1.82, 2.24) is 14.6 Å². The van der Waals surface area contributed by atoms with Crippen molar-refractivity contribution in [2.24, 2.45) is 0 Å². The number of pyridine rings is 1. The quantitative estimate of drug-likeness (QED) is 0.752. The fourth-order valence-corrected chi connectivity index (χ4v) is 3.94. The Labute approximate surface area is 142 Å². The van der Waals surface area contributed by atoms with E-state index in [1.165, 1.54) is 13.3 Å². The van der Waals surface area contributed by atoms with Crippen LogP contribution in [0.1, 0.15) is 23.2 Å². The molecule has 2 heterocycles. The van der Waals surface area contributed by atoms with Crippen LogP contribution in [0.3, 0.4) is 0 Å². The summed E-state index contributed by atoms with van der Waals surface area (Å²) in [5.74, 6) is 0.251. The first-order valence-corrected chi connectivity index (χ1v) is 9.45. The third-order valence-electron chi connectivity index (χ3n) is 4.02. The maximum Gasteiger partial charge on any atom is 0.255 e. The van der Waals surface area contributed by atoms with E-state index in [-0.39, 0.29) is 5.91 Å².